The second kappa shape index (κ2) is 3.37. The molecule has 0 aromatic rings. The van der Waals surface area contributed by atoms with Crippen LogP contribution in [0.25, 0.3) is 0 Å². The summed E-state index contributed by atoms with van der Waals surface area (Å²) in [6, 6.07) is 0. The van der Waals surface area contributed by atoms with Crippen molar-refractivity contribution in [3.8, 4) is 0 Å². The molecule has 1 nitrogen and oxygen atoms in total. The van der Waals surface area contributed by atoms with Crippen molar-refractivity contribution in [2.24, 2.45) is 17.8 Å². The van der Waals surface area contributed by atoms with Crippen molar-refractivity contribution in [2.75, 3.05) is 7.05 Å². The van der Waals surface area contributed by atoms with Gasteiger partial charge in [-0.25, -0.2) is 0 Å². The van der Waals surface area contributed by atoms with Crippen molar-refractivity contribution >= 4 is 0 Å². The zero-order valence-electron chi connectivity index (χ0n) is 9.15. The molecular formula is C11H23N. The molecule has 12 heavy (non-hydrogen) atoms. The molecule has 1 fully saturated rings. The summed E-state index contributed by atoms with van der Waals surface area (Å²) in [6.07, 6.45) is 2.66. The first-order chi connectivity index (χ1) is 5.61. The summed E-state index contributed by atoms with van der Waals surface area (Å²) in [7, 11) is 2.10. The fourth-order valence-electron chi connectivity index (χ4n) is 3.23. The van der Waals surface area contributed by atoms with E-state index in [9.17, 15) is 0 Å². The Morgan fingerprint density at radius 1 is 1.25 bits per heavy atom. The predicted molar refractivity (Wildman–Crippen MR) is 54.2 cm³/mol. The lowest BCUT2D eigenvalue weighted by Gasteiger charge is -2.59. The molecule has 4 atom stereocenters. The minimum Gasteiger partial charge on any atom is -0.314 e. The van der Waals surface area contributed by atoms with E-state index in [1.807, 2.05) is 0 Å². The van der Waals surface area contributed by atoms with Gasteiger partial charge in [-0.15, -0.1) is 0 Å². The molecule has 0 radical (unpaired) electrons. The Hall–Kier alpha value is -0.0400. The van der Waals surface area contributed by atoms with Crippen LogP contribution in [0.1, 0.15) is 40.5 Å². The highest BCUT2D eigenvalue weighted by Crippen LogP contribution is 2.51. The van der Waals surface area contributed by atoms with Gasteiger partial charge in [-0.05, 0) is 31.7 Å². The average Bonchev–Trinajstić information content (AvgIpc) is 2.11. The monoisotopic (exact) mass is 169 g/mol. The Bertz CT molecular complexity index is 155. The number of hydrogen-bond donors (Lipinski definition) is 1. The van der Waals surface area contributed by atoms with Gasteiger partial charge in [0.1, 0.15) is 0 Å². The summed E-state index contributed by atoms with van der Waals surface area (Å²) < 4.78 is 0. The van der Waals surface area contributed by atoms with Crippen LogP contribution in [-0.2, 0) is 0 Å². The number of nitrogens with one attached hydrogen (secondary N) is 1. The lowest BCUT2D eigenvalue weighted by atomic mass is 9.51. The Kier molecular flexibility index (Phi) is 2.82. The van der Waals surface area contributed by atoms with E-state index in [1.165, 1.54) is 12.8 Å². The second-order valence-corrected chi connectivity index (χ2v) is 4.41. The normalized spacial score (nSPS) is 47.2. The second-order valence-electron chi connectivity index (χ2n) is 4.41. The molecule has 1 saturated carbocycles. The lowest BCUT2D eigenvalue weighted by molar-refractivity contribution is -0.0536. The van der Waals surface area contributed by atoms with Crippen molar-refractivity contribution in [1.82, 2.24) is 5.32 Å². The largest absolute Gasteiger partial charge is 0.314 e. The van der Waals surface area contributed by atoms with E-state index in [2.05, 4.69) is 40.1 Å². The van der Waals surface area contributed by atoms with Crippen molar-refractivity contribution in [2.45, 2.75) is 46.1 Å². The van der Waals surface area contributed by atoms with E-state index < -0.39 is 0 Å². The molecule has 1 aliphatic rings. The van der Waals surface area contributed by atoms with Gasteiger partial charge in [-0.2, -0.15) is 0 Å². The lowest BCUT2D eigenvalue weighted by Crippen LogP contribution is -2.66. The predicted octanol–water partition coefficient (Wildman–Crippen LogP) is 2.67. The molecule has 0 amide bonds. The number of hydrogen-bond acceptors (Lipinski definition) is 1. The van der Waals surface area contributed by atoms with E-state index in [0.717, 1.165) is 17.8 Å². The highest BCUT2D eigenvalue weighted by molar-refractivity contribution is 5.08. The Morgan fingerprint density at radius 3 is 2.17 bits per heavy atom. The molecule has 0 spiro atoms. The molecule has 0 saturated heterocycles. The van der Waals surface area contributed by atoms with Gasteiger partial charge in [-0.1, -0.05) is 33.6 Å². The zero-order valence-corrected chi connectivity index (χ0v) is 9.15. The number of rotatable bonds is 3. The summed E-state index contributed by atoms with van der Waals surface area (Å²) in [6.45, 7) is 9.39. The fourth-order valence-corrected chi connectivity index (χ4v) is 3.23. The van der Waals surface area contributed by atoms with Gasteiger partial charge in [0.15, 0.2) is 0 Å². The van der Waals surface area contributed by atoms with Crippen molar-refractivity contribution in [3.63, 3.8) is 0 Å². The Balaban J connectivity index is 2.67. The van der Waals surface area contributed by atoms with Gasteiger partial charge in [0.05, 0.1) is 0 Å². The first kappa shape index (κ1) is 10.0. The first-order valence-corrected chi connectivity index (χ1v) is 5.30. The van der Waals surface area contributed by atoms with Crippen molar-refractivity contribution in [3.05, 3.63) is 0 Å². The zero-order chi connectivity index (χ0) is 9.35. The van der Waals surface area contributed by atoms with Crippen LogP contribution in [0.2, 0.25) is 0 Å². The molecule has 0 bridgehead atoms. The van der Waals surface area contributed by atoms with Crippen LogP contribution in [0.5, 0.6) is 0 Å². The molecule has 1 rings (SSSR count). The average molecular weight is 169 g/mol. The molecular weight excluding hydrogens is 146 g/mol. The summed E-state index contributed by atoms with van der Waals surface area (Å²) in [5.41, 5.74) is 0.412. The maximum atomic E-state index is 3.49. The van der Waals surface area contributed by atoms with E-state index in [1.54, 1.807) is 0 Å². The maximum absolute atomic E-state index is 3.49. The molecule has 1 N–H and O–H groups in total. The highest BCUT2D eigenvalue weighted by atomic mass is 15.0. The first-order valence-electron chi connectivity index (χ1n) is 5.30. The molecule has 1 heteroatoms. The van der Waals surface area contributed by atoms with Gasteiger partial charge >= 0.3 is 0 Å². The molecule has 1 aliphatic carbocycles. The summed E-state index contributed by atoms with van der Waals surface area (Å²) in [4.78, 5) is 0. The van der Waals surface area contributed by atoms with Crippen LogP contribution in [0, 0.1) is 17.8 Å². The third-order valence-electron chi connectivity index (χ3n) is 4.33. The maximum Gasteiger partial charge on any atom is 0.0209 e. The van der Waals surface area contributed by atoms with Crippen molar-refractivity contribution in [1.29, 1.82) is 0 Å². The van der Waals surface area contributed by atoms with Crippen LogP contribution < -0.4 is 5.32 Å². The standard InChI is InChI=1S/C11H23N/c1-6-9-8(3)11(4,12-5)10(9)7-2/h8-10,12H,6-7H2,1-5H3. The van der Waals surface area contributed by atoms with Crippen molar-refractivity contribution < 1.29 is 0 Å². The van der Waals surface area contributed by atoms with Crippen LogP contribution in [-0.4, -0.2) is 12.6 Å². The van der Waals surface area contributed by atoms with Crippen LogP contribution in [0.15, 0.2) is 0 Å². The van der Waals surface area contributed by atoms with Crippen LogP contribution in [0.4, 0.5) is 0 Å². The van der Waals surface area contributed by atoms with Gasteiger partial charge in [0, 0.05) is 5.54 Å². The van der Waals surface area contributed by atoms with Crippen LogP contribution >= 0.6 is 0 Å². The quantitative estimate of drug-likeness (QED) is 0.685. The molecule has 0 heterocycles. The van der Waals surface area contributed by atoms with Gasteiger partial charge < -0.3 is 5.32 Å². The smallest absolute Gasteiger partial charge is 0.0209 e. The van der Waals surface area contributed by atoms with Gasteiger partial charge in [0.2, 0.25) is 0 Å². The molecule has 4 unspecified atom stereocenters. The fraction of sp³-hybridized carbons (Fsp3) is 1.00. The molecule has 0 aromatic carbocycles. The summed E-state index contributed by atoms with van der Waals surface area (Å²) in [5, 5.41) is 3.49. The third kappa shape index (κ3) is 1.10. The summed E-state index contributed by atoms with van der Waals surface area (Å²) >= 11 is 0. The Labute approximate surface area is 76.9 Å². The van der Waals surface area contributed by atoms with E-state index in [-0.39, 0.29) is 0 Å². The van der Waals surface area contributed by atoms with Gasteiger partial charge in [-0.3, -0.25) is 0 Å². The van der Waals surface area contributed by atoms with E-state index in [0.29, 0.717) is 5.54 Å². The molecule has 0 aliphatic heterocycles. The Morgan fingerprint density at radius 2 is 1.83 bits per heavy atom. The third-order valence-corrected chi connectivity index (χ3v) is 4.33. The van der Waals surface area contributed by atoms with Crippen LogP contribution in [0.3, 0.4) is 0 Å². The minimum absolute atomic E-state index is 0.412. The molecule has 0 aromatic heterocycles. The minimum atomic E-state index is 0.412. The summed E-state index contributed by atoms with van der Waals surface area (Å²) in [5.74, 6) is 2.69. The molecule has 72 valence electrons. The highest BCUT2D eigenvalue weighted by Gasteiger charge is 2.53. The topological polar surface area (TPSA) is 12.0 Å². The SMILES string of the molecule is CCC1C(C)C(C)(NC)C1CC. The van der Waals surface area contributed by atoms with Gasteiger partial charge in [0.25, 0.3) is 0 Å². The van der Waals surface area contributed by atoms with E-state index >= 15 is 0 Å². The van der Waals surface area contributed by atoms with E-state index in [4.69, 9.17) is 0 Å².